The van der Waals surface area contributed by atoms with Crippen LogP contribution >= 0.6 is 0 Å². The molecule has 0 aromatic carbocycles. The maximum absolute atomic E-state index is 12.6. The summed E-state index contributed by atoms with van der Waals surface area (Å²) >= 11 is 0. The number of carbonyl (C=O) groups is 1. The fraction of sp³-hybridized carbons (Fsp3) is 0.923. The molecule has 0 bridgehead atoms. The average molecular weight is 256 g/mol. The van der Waals surface area contributed by atoms with Gasteiger partial charge in [-0.2, -0.15) is 0 Å². The van der Waals surface area contributed by atoms with Gasteiger partial charge >= 0.3 is 0 Å². The van der Waals surface area contributed by atoms with Crippen molar-refractivity contribution < 1.29 is 14.3 Å². The van der Waals surface area contributed by atoms with Gasteiger partial charge in [0.2, 0.25) is 5.91 Å². The number of nitrogens with zero attached hydrogens (tertiary/aromatic N) is 1. The molecule has 2 aliphatic rings. The van der Waals surface area contributed by atoms with Crippen molar-refractivity contribution in [1.82, 2.24) is 4.90 Å². The van der Waals surface area contributed by atoms with Crippen molar-refractivity contribution in [3.05, 3.63) is 0 Å². The summed E-state index contributed by atoms with van der Waals surface area (Å²) in [5.41, 5.74) is 5.45. The van der Waals surface area contributed by atoms with Crippen LogP contribution in [0.15, 0.2) is 0 Å². The molecule has 0 aromatic heterocycles. The first-order valence-corrected chi connectivity index (χ1v) is 6.82. The van der Waals surface area contributed by atoms with Crippen LogP contribution in [0.2, 0.25) is 0 Å². The van der Waals surface area contributed by atoms with Gasteiger partial charge in [0.15, 0.2) is 0 Å². The van der Waals surface area contributed by atoms with E-state index in [0.29, 0.717) is 26.4 Å². The number of amides is 1. The number of piperidine rings is 1. The molecule has 104 valence electrons. The molecule has 2 rings (SSSR count). The summed E-state index contributed by atoms with van der Waals surface area (Å²) < 4.78 is 11.0. The van der Waals surface area contributed by atoms with Crippen LogP contribution in [0.4, 0.5) is 0 Å². The Hall–Kier alpha value is -0.650. The van der Waals surface area contributed by atoms with Gasteiger partial charge in [-0.1, -0.05) is 0 Å². The van der Waals surface area contributed by atoms with Gasteiger partial charge in [-0.25, -0.2) is 0 Å². The van der Waals surface area contributed by atoms with Crippen molar-refractivity contribution in [2.45, 2.75) is 38.8 Å². The smallest absolute Gasteiger partial charge is 0.232 e. The lowest BCUT2D eigenvalue weighted by molar-refractivity contribution is -0.145. The Morgan fingerprint density at radius 2 is 2.39 bits per heavy atom. The van der Waals surface area contributed by atoms with E-state index in [4.69, 9.17) is 15.2 Å². The average Bonchev–Trinajstić information content (AvgIpc) is 2.71. The topological polar surface area (TPSA) is 64.8 Å². The fourth-order valence-corrected chi connectivity index (χ4v) is 2.76. The Morgan fingerprint density at radius 1 is 1.61 bits per heavy atom. The highest BCUT2D eigenvalue weighted by molar-refractivity contribution is 5.83. The summed E-state index contributed by atoms with van der Waals surface area (Å²) in [5, 5.41) is 0. The first-order valence-electron chi connectivity index (χ1n) is 6.82. The van der Waals surface area contributed by atoms with Crippen LogP contribution < -0.4 is 5.73 Å². The number of nitrogens with two attached hydrogens (primary N) is 1. The van der Waals surface area contributed by atoms with Crippen LogP contribution in [-0.2, 0) is 14.3 Å². The van der Waals surface area contributed by atoms with Gasteiger partial charge in [0, 0.05) is 25.7 Å². The van der Waals surface area contributed by atoms with E-state index in [1.165, 1.54) is 0 Å². The van der Waals surface area contributed by atoms with Gasteiger partial charge in [0.25, 0.3) is 0 Å². The first kappa shape index (κ1) is 13.8. The molecule has 0 aliphatic carbocycles. The normalized spacial score (nSPS) is 36.9. The van der Waals surface area contributed by atoms with E-state index in [0.717, 1.165) is 19.4 Å². The van der Waals surface area contributed by atoms with Crippen molar-refractivity contribution in [1.29, 1.82) is 0 Å². The van der Waals surface area contributed by atoms with Crippen molar-refractivity contribution in [3.63, 3.8) is 0 Å². The van der Waals surface area contributed by atoms with E-state index in [9.17, 15) is 4.79 Å². The van der Waals surface area contributed by atoms with E-state index in [2.05, 4.69) is 0 Å². The summed E-state index contributed by atoms with van der Waals surface area (Å²) in [7, 11) is 0. The number of carbonyl (C=O) groups excluding carboxylic acids is 1. The molecule has 0 radical (unpaired) electrons. The minimum absolute atomic E-state index is 0.122. The predicted octanol–water partition coefficient (Wildman–Crippen LogP) is 0.378. The summed E-state index contributed by atoms with van der Waals surface area (Å²) in [6.45, 7) is 7.01. The van der Waals surface area contributed by atoms with Crippen molar-refractivity contribution in [2.24, 2.45) is 11.1 Å². The second-order valence-electron chi connectivity index (χ2n) is 5.51. The van der Waals surface area contributed by atoms with Crippen LogP contribution in [-0.4, -0.2) is 55.9 Å². The number of hydrogen-bond donors (Lipinski definition) is 1. The van der Waals surface area contributed by atoms with Gasteiger partial charge < -0.3 is 20.1 Å². The lowest BCUT2D eigenvalue weighted by Crippen LogP contribution is -2.54. The molecule has 0 spiro atoms. The lowest BCUT2D eigenvalue weighted by Gasteiger charge is -2.38. The zero-order chi connectivity index (χ0) is 13.2. The third kappa shape index (κ3) is 2.53. The van der Waals surface area contributed by atoms with Crippen molar-refractivity contribution in [3.8, 4) is 0 Å². The van der Waals surface area contributed by atoms with Crippen LogP contribution in [0.3, 0.4) is 0 Å². The maximum atomic E-state index is 12.6. The Balaban J connectivity index is 2.00. The highest BCUT2D eigenvalue weighted by atomic mass is 16.5. The zero-order valence-corrected chi connectivity index (χ0v) is 11.4. The van der Waals surface area contributed by atoms with E-state index in [-0.39, 0.29) is 18.1 Å². The minimum atomic E-state index is -0.561. The Labute approximate surface area is 109 Å². The summed E-state index contributed by atoms with van der Waals surface area (Å²) in [6.07, 6.45) is 2.22. The number of likely N-dealkylation sites (tertiary alicyclic amines) is 1. The molecule has 2 saturated heterocycles. The second kappa shape index (κ2) is 5.55. The number of rotatable bonds is 3. The van der Waals surface area contributed by atoms with Crippen LogP contribution in [0, 0.1) is 5.41 Å². The largest absolute Gasteiger partial charge is 0.379 e. The van der Waals surface area contributed by atoms with Gasteiger partial charge in [-0.15, -0.1) is 0 Å². The first-order chi connectivity index (χ1) is 8.58. The number of hydrogen-bond acceptors (Lipinski definition) is 4. The molecule has 5 nitrogen and oxygen atoms in total. The summed E-state index contributed by atoms with van der Waals surface area (Å²) in [6, 6.07) is -0.197. The molecule has 2 fully saturated rings. The van der Waals surface area contributed by atoms with Gasteiger partial charge in [0.05, 0.1) is 24.7 Å². The highest BCUT2D eigenvalue weighted by Gasteiger charge is 2.47. The monoisotopic (exact) mass is 256 g/mol. The van der Waals surface area contributed by atoms with Gasteiger partial charge in [-0.3, -0.25) is 4.79 Å². The lowest BCUT2D eigenvalue weighted by atomic mass is 9.83. The van der Waals surface area contributed by atoms with E-state index < -0.39 is 5.41 Å². The fourth-order valence-electron chi connectivity index (χ4n) is 2.76. The molecular weight excluding hydrogens is 232 g/mol. The molecule has 1 amide bonds. The van der Waals surface area contributed by atoms with Crippen LogP contribution in [0.1, 0.15) is 26.7 Å². The Kier molecular flexibility index (Phi) is 4.25. The quantitative estimate of drug-likeness (QED) is 0.793. The molecule has 18 heavy (non-hydrogen) atoms. The Bertz CT molecular complexity index is 309. The van der Waals surface area contributed by atoms with Gasteiger partial charge in [-0.05, 0) is 26.7 Å². The maximum Gasteiger partial charge on any atom is 0.232 e. The summed E-state index contributed by atoms with van der Waals surface area (Å²) in [4.78, 5) is 14.5. The predicted molar refractivity (Wildman–Crippen MR) is 68.1 cm³/mol. The molecule has 5 heteroatoms. The molecule has 2 N–H and O–H groups in total. The molecule has 0 aromatic rings. The van der Waals surface area contributed by atoms with E-state index >= 15 is 0 Å². The molecule has 0 saturated carbocycles. The zero-order valence-electron chi connectivity index (χ0n) is 11.4. The molecule has 3 unspecified atom stereocenters. The molecule has 2 aliphatic heterocycles. The molecular formula is C13H24N2O3. The van der Waals surface area contributed by atoms with E-state index in [1.807, 2.05) is 18.7 Å². The van der Waals surface area contributed by atoms with E-state index in [1.54, 1.807) is 0 Å². The SMILES string of the molecule is CCOC1CCCN(C(=O)C2(C)COCC2N)C1. The standard InChI is InChI=1S/C13H24N2O3/c1-3-18-10-5-4-6-15(7-10)12(16)13(2)9-17-8-11(13)14/h10-11H,3-9,14H2,1-2H3. The van der Waals surface area contributed by atoms with Crippen molar-refractivity contribution in [2.75, 3.05) is 32.9 Å². The highest BCUT2D eigenvalue weighted by Crippen LogP contribution is 2.30. The third-order valence-electron chi connectivity index (χ3n) is 4.07. The summed E-state index contributed by atoms with van der Waals surface area (Å²) in [5.74, 6) is 0.122. The third-order valence-corrected chi connectivity index (χ3v) is 4.07. The van der Waals surface area contributed by atoms with Gasteiger partial charge in [0.1, 0.15) is 0 Å². The van der Waals surface area contributed by atoms with Crippen LogP contribution in [0.25, 0.3) is 0 Å². The van der Waals surface area contributed by atoms with Crippen molar-refractivity contribution >= 4 is 5.91 Å². The molecule has 3 atom stereocenters. The Morgan fingerprint density at radius 3 is 3.00 bits per heavy atom. The minimum Gasteiger partial charge on any atom is -0.379 e. The molecule has 2 heterocycles. The second-order valence-corrected chi connectivity index (χ2v) is 5.51. The number of ether oxygens (including phenoxy) is 2. The van der Waals surface area contributed by atoms with Crippen LogP contribution in [0.5, 0.6) is 0 Å².